The first-order valence-electron chi connectivity index (χ1n) is 4.69. The molecule has 16 heavy (non-hydrogen) atoms. The lowest BCUT2D eigenvalue weighted by molar-refractivity contribution is 1.18. The van der Waals surface area contributed by atoms with E-state index < -0.39 is 0 Å². The predicted octanol–water partition coefficient (Wildman–Crippen LogP) is 1.78. The van der Waals surface area contributed by atoms with Crippen molar-refractivity contribution in [3.05, 3.63) is 42.2 Å². The number of rotatable bonds is 2. The van der Waals surface area contributed by atoms with Crippen LogP contribution >= 0.6 is 0 Å². The van der Waals surface area contributed by atoms with E-state index in [2.05, 4.69) is 21.2 Å². The molecule has 0 saturated heterocycles. The van der Waals surface area contributed by atoms with Gasteiger partial charge in [0.15, 0.2) is 0 Å². The molecule has 1 heterocycles. The lowest BCUT2D eigenvalue weighted by Crippen LogP contribution is -1.97. The van der Waals surface area contributed by atoms with Crippen molar-refractivity contribution in [3.63, 3.8) is 0 Å². The minimum absolute atomic E-state index is 0.422. The minimum atomic E-state index is 0.422. The second-order valence-corrected chi connectivity index (χ2v) is 3.18. The van der Waals surface area contributed by atoms with E-state index in [9.17, 15) is 0 Å². The van der Waals surface area contributed by atoms with Gasteiger partial charge in [-0.3, -0.25) is 0 Å². The van der Waals surface area contributed by atoms with Crippen LogP contribution in [-0.4, -0.2) is 9.97 Å². The van der Waals surface area contributed by atoms with Gasteiger partial charge in [0.25, 0.3) is 0 Å². The fraction of sp³-hybridized carbons (Fsp3) is 0. The Hall–Kier alpha value is -2.54. The van der Waals surface area contributed by atoms with Crippen LogP contribution in [0, 0.1) is 12.3 Å². The summed E-state index contributed by atoms with van der Waals surface area (Å²) in [5.74, 6) is 3.63. The maximum atomic E-state index is 5.54. The molecule has 2 rings (SSSR count). The van der Waals surface area contributed by atoms with Gasteiger partial charge in [0.1, 0.15) is 18.0 Å². The highest BCUT2D eigenvalue weighted by Crippen LogP contribution is 2.16. The Bertz CT molecular complexity index is 543. The lowest BCUT2D eigenvalue weighted by Gasteiger charge is -2.05. The second kappa shape index (κ2) is 4.32. The van der Waals surface area contributed by atoms with E-state index in [1.165, 1.54) is 6.33 Å². The number of anilines is 3. The molecule has 0 aliphatic heterocycles. The van der Waals surface area contributed by atoms with Gasteiger partial charge in [0.2, 0.25) is 0 Å². The summed E-state index contributed by atoms with van der Waals surface area (Å²) in [5, 5.41) is 3.09. The third-order valence-corrected chi connectivity index (χ3v) is 1.99. The number of nitrogens with zero attached hydrogens (tertiary/aromatic N) is 2. The minimum Gasteiger partial charge on any atom is -0.384 e. The molecule has 3 N–H and O–H groups in total. The SMILES string of the molecule is C#Cc1cccc(Nc2cc(N)ncn2)c1. The Labute approximate surface area is 93.5 Å². The smallest absolute Gasteiger partial charge is 0.135 e. The van der Waals surface area contributed by atoms with Gasteiger partial charge in [-0.2, -0.15) is 0 Å². The maximum Gasteiger partial charge on any atom is 0.135 e. The number of nitrogens with one attached hydrogen (secondary N) is 1. The zero-order valence-corrected chi connectivity index (χ0v) is 8.51. The van der Waals surface area contributed by atoms with E-state index in [0.717, 1.165) is 11.3 Å². The largest absolute Gasteiger partial charge is 0.384 e. The van der Waals surface area contributed by atoms with Crippen LogP contribution in [0.5, 0.6) is 0 Å². The first-order valence-corrected chi connectivity index (χ1v) is 4.69. The van der Waals surface area contributed by atoms with Crippen molar-refractivity contribution < 1.29 is 0 Å². The molecule has 0 aliphatic rings. The van der Waals surface area contributed by atoms with Crippen molar-refractivity contribution in [2.45, 2.75) is 0 Å². The molecule has 0 aliphatic carbocycles. The molecule has 0 saturated carbocycles. The summed E-state index contributed by atoms with van der Waals surface area (Å²) < 4.78 is 0. The van der Waals surface area contributed by atoms with E-state index >= 15 is 0 Å². The summed E-state index contributed by atoms with van der Waals surface area (Å²) in [6.07, 6.45) is 6.72. The van der Waals surface area contributed by atoms with Crippen LogP contribution in [0.1, 0.15) is 5.56 Å². The summed E-state index contributed by atoms with van der Waals surface area (Å²) in [6.45, 7) is 0. The molecule has 1 aromatic carbocycles. The highest BCUT2D eigenvalue weighted by Gasteiger charge is 1.97. The van der Waals surface area contributed by atoms with Gasteiger partial charge in [0, 0.05) is 17.3 Å². The molecule has 1 aromatic heterocycles. The molecule has 0 bridgehead atoms. The Morgan fingerprint density at radius 2 is 2.12 bits per heavy atom. The van der Waals surface area contributed by atoms with E-state index in [0.29, 0.717) is 11.6 Å². The Kier molecular flexibility index (Phi) is 2.70. The van der Waals surface area contributed by atoms with Crippen molar-refractivity contribution >= 4 is 17.3 Å². The Morgan fingerprint density at radius 1 is 1.25 bits per heavy atom. The van der Waals surface area contributed by atoms with Gasteiger partial charge in [-0.05, 0) is 18.2 Å². The van der Waals surface area contributed by atoms with Gasteiger partial charge in [-0.15, -0.1) is 6.42 Å². The summed E-state index contributed by atoms with van der Waals surface area (Å²) >= 11 is 0. The van der Waals surface area contributed by atoms with Crippen molar-refractivity contribution in [2.75, 3.05) is 11.1 Å². The number of terminal acetylenes is 1. The van der Waals surface area contributed by atoms with Crippen molar-refractivity contribution in [2.24, 2.45) is 0 Å². The number of benzene rings is 1. The standard InChI is InChI=1S/C12H10N4/c1-2-9-4-3-5-10(6-9)16-12-7-11(13)14-8-15-12/h1,3-8H,(H3,13,14,15,16). The summed E-state index contributed by atoms with van der Waals surface area (Å²) in [7, 11) is 0. The molecule has 0 spiro atoms. The quantitative estimate of drug-likeness (QED) is 0.742. The number of aromatic nitrogens is 2. The first kappa shape index (κ1) is 9.99. The van der Waals surface area contributed by atoms with E-state index in [4.69, 9.17) is 12.2 Å². The van der Waals surface area contributed by atoms with Gasteiger partial charge >= 0.3 is 0 Å². The van der Waals surface area contributed by atoms with Crippen molar-refractivity contribution in [1.82, 2.24) is 9.97 Å². The number of hydrogen-bond donors (Lipinski definition) is 2. The molecule has 78 valence electrons. The van der Waals surface area contributed by atoms with Crippen molar-refractivity contribution in [1.29, 1.82) is 0 Å². The number of hydrogen-bond acceptors (Lipinski definition) is 4. The lowest BCUT2D eigenvalue weighted by atomic mass is 10.2. The molecule has 0 unspecified atom stereocenters. The van der Waals surface area contributed by atoms with Crippen LogP contribution in [-0.2, 0) is 0 Å². The van der Waals surface area contributed by atoms with Gasteiger partial charge in [-0.1, -0.05) is 12.0 Å². The summed E-state index contributed by atoms with van der Waals surface area (Å²) in [6, 6.07) is 9.15. The van der Waals surface area contributed by atoms with E-state index in [-0.39, 0.29) is 0 Å². The van der Waals surface area contributed by atoms with E-state index in [1.807, 2.05) is 24.3 Å². The fourth-order valence-electron chi connectivity index (χ4n) is 1.28. The van der Waals surface area contributed by atoms with Crippen LogP contribution in [0.15, 0.2) is 36.7 Å². The van der Waals surface area contributed by atoms with Crippen LogP contribution in [0.4, 0.5) is 17.3 Å². The molecule has 0 amide bonds. The molecule has 0 atom stereocenters. The summed E-state index contributed by atoms with van der Waals surface area (Å²) in [5.41, 5.74) is 7.23. The third-order valence-electron chi connectivity index (χ3n) is 1.99. The first-order chi connectivity index (χ1) is 7.78. The average molecular weight is 210 g/mol. The normalized spacial score (nSPS) is 9.44. The zero-order chi connectivity index (χ0) is 11.4. The van der Waals surface area contributed by atoms with Crippen LogP contribution in [0.25, 0.3) is 0 Å². The molecular weight excluding hydrogens is 200 g/mol. The van der Waals surface area contributed by atoms with Crippen molar-refractivity contribution in [3.8, 4) is 12.3 Å². The monoisotopic (exact) mass is 210 g/mol. The number of nitrogen functional groups attached to an aromatic ring is 1. The fourth-order valence-corrected chi connectivity index (χ4v) is 1.28. The predicted molar refractivity (Wildman–Crippen MR) is 64.1 cm³/mol. The molecular formula is C12H10N4. The maximum absolute atomic E-state index is 5.54. The van der Waals surface area contributed by atoms with Crippen LogP contribution in [0.3, 0.4) is 0 Å². The molecule has 4 nitrogen and oxygen atoms in total. The highest BCUT2D eigenvalue weighted by molar-refractivity contribution is 5.60. The average Bonchev–Trinajstić information content (AvgIpc) is 2.29. The number of nitrogens with two attached hydrogens (primary N) is 1. The zero-order valence-electron chi connectivity index (χ0n) is 8.51. The molecule has 2 aromatic rings. The molecule has 0 fully saturated rings. The molecule has 4 heteroatoms. The van der Waals surface area contributed by atoms with Crippen LogP contribution in [0.2, 0.25) is 0 Å². The topological polar surface area (TPSA) is 63.8 Å². The Balaban J connectivity index is 2.24. The highest BCUT2D eigenvalue weighted by atomic mass is 15.0. The Morgan fingerprint density at radius 3 is 2.88 bits per heavy atom. The van der Waals surface area contributed by atoms with Gasteiger partial charge in [0.05, 0.1) is 0 Å². The van der Waals surface area contributed by atoms with Gasteiger partial charge in [-0.25, -0.2) is 9.97 Å². The van der Waals surface area contributed by atoms with Crippen LogP contribution < -0.4 is 11.1 Å². The van der Waals surface area contributed by atoms with Gasteiger partial charge < -0.3 is 11.1 Å². The molecule has 0 radical (unpaired) electrons. The van der Waals surface area contributed by atoms with E-state index in [1.54, 1.807) is 6.07 Å². The summed E-state index contributed by atoms with van der Waals surface area (Å²) in [4.78, 5) is 7.85. The second-order valence-electron chi connectivity index (χ2n) is 3.18. The third kappa shape index (κ3) is 2.28.